The van der Waals surface area contributed by atoms with E-state index in [2.05, 4.69) is 44.0 Å². The van der Waals surface area contributed by atoms with E-state index >= 15 is 0 Å². The zero-order valence-electron chi connectivity index (χ0n) is 17.0. The second kappa shape index (κ2) is 8.49. The molecule has 31 heavy (non-hydrogen) atoms. The van der Waals surface area contributed by atoms with Gasteiger partial charge in [0.1, 0.15) is 12.1 Å². The number of aryl methyl sites for hydroxylation is 1. The Morgan fingerprint density at radius 3 is 2.74 bits per heavy atom. The van der Waals surface area contributed by atoms with Crippen molar-refractivity contribution in [3.05, 3.63) is 66.2 Å². The van der Waals surface area contributed by atoms with Crippen molar-refractivity contribution in [2.45, 2.75) is 6.92 Å². The average molecular weight is 415 g/mol. The number of rotatable bonds is 5. The van der Waals surface area contributed by atoms with Gasteiger partial charge in [-0.2, -0.15) is 15.1 Å². The lowest BCUT2D eigenvalue weighted by Crippen LogP contribution is -2.37. The van der Waals surface area contributed by atoms with Gasteiger partial charge in [0.25, 0.3) is 5.88 Å². The minimum Gasteiger partial charge on any atom is -0.437 e. The fourth-order valence-electron chi connectivity index (χ4n) is 3.31. The first-order valence-corrected chi connectivity index (χ1v) is 10.0. The largest absolute Gasteiger partial charge is 0.437 e. The van der Waals surface area contributed by atoms with Crippen LogP contribution in [0.3, 0.4) is 0 Å². The number of aromatic nitrogens is 5. The first-order chi connectivity index (χ1) is 15.3. The van der Waals surface area contributed by atoms with Gasteiger partial charge in [0, 0.05) is 25.5 Å². The smallest absolute Gasteiger partial charge is 0.252 e. The summed E-state index contributed by atoms with van der Waals surface area (Å²) in [6.45, 7) is 4.73. The molecule has 1 saturated heterocycles. The highest BCUT2D eigenvalue weighted by Gasteiger charge is 2.20. The highest BCUT2D eigenvalue weighted by molar-refractivity contribution is 5.82. The molecule has 0 N–H and O–H groups in total. The number of hydrogen-bond donors (Lipinski definition) is 0. The van der Waals surface area contributed by atoms with Gasteiger partial charge in [0.2, 0.25) is 5.95 Å². The second-order valence-corrected chi connectivity index (χ2v) is 7.13. The molecule has 0 aliphatic carbocycles. The van der Waals surface area contributed by atoms with Gasteiger partial charge in [-0.25, -0.2) is 9.66 Å². The molecule has 0 atom stereocenters. The van der Waals surface area contributed by atoms with E-state index in [-0.39, 0.29) is 0 Å². The van der Waals surface area contributed by atoms with Crippen molar-refractivity contribution in [2.75, 3.05) is 31.2 Å². The lowest BCUT2D eigenvalue weighted by Gasteiger charge is -2.26. The van der Waals surface area contributed by atoms with Crippen molar-refractivity contribution >= 4 is 23.3 Å². The molecule has 9 heteroatoms. The van der Waals surface area contributed by atoms with E-state index in [1.165, 1.54) is 5.56 Å². The van der Waals surface area contributed by atoms with Gasteiger partial charge in [0.05, 0.1) is 19.4 Å². The van der Waals surface area contributed by atoms with Crippen molar-refractivity contribution in [1.29, 1.82) is 0 Å². The molecule has 0 amide bonds. The topological polar surface area (TPSA) is 90.5 Å². The zero-order chi connectivity index (χ0) is 21.0. The highest BCUT2D eigenvalue weighted by Crippen LogP contribution is 2.28. The molecule has 1 aromatic carbocycles. The lowest BCUT2D eigenvalue weighted by molar-refractivity contribution is 0.122. The minimum absolute atomic E-state index is 0.377. The normalized spacial score (nSPS) is 14.4. The van der Waals surface area contributed by atoms with E-state index in [1.54, 1.807) is 41.7 Å². The maximum Gasteiger partial charge on any atom is 0.252 e. The second-order valence-electron chi connectivity index (χ2n) is 7.13. The third-order valence-corrected chi connectivity index (χ3v) is 4.87. The molecule has 156 valence electrons. The van der Waals surface area contributed by atoms with Crippen LogP contribution in [-0.2, 0) is 4.74 Å². The Morgan fingerprint density at radius 1 is 1.10 bits per heavy atom. The quantitative estimate of drug-likeness (QED) is 0.463. The molecular weight excluding hydrogens is 394 g/mol. The van der Waals surface area contributed by atoms with E-state index in [9.17, 15) is 0 Å². The standard InChI is InChI=1S/C22H21N7O2/c1-16-3-2-4-17(13-16)14-25-29-15-24-19-20(29)26-22(28-9-11-30-12-10-28)27-21(19)31-18-5-7-23-8-6-18/h2-8,13-15H,9-12H2,1H3. The fourth-order valence-corrected chi connectivity index (χ4v) is 3.31. The number of ether oxygens (including phenoxy) is 2. The van der Waals surface area contributed by atoms with Crippen molar-refractivity contribution in [1.82, 2.24) is 24.6 Å². The molecule has 1 aliphatic rings. The Balaban J connectivity index is 1.56. The molecule has 5 rings (SSSR count). The van der Waals surface area contributed by atoms with Crippen molar-refractivity contribution < 1.29 is 9.47 Å². The summed E-state index contributed by atoms with van der Waals surface area (Å²) < 4.78 is 13.1. The first kappa shape index (κ1) is 19.1. The van der Waals surface area contributed by atoms with E-state index in [4.69, 9.17) is 14.5 Å². The first-order valence-electron chi connectivity index (χ1n) is 10.0. The van der Waals surface area contributed by atoms with Crippen LogP contribution in [-0.4, -0.2) is 57.1 Å². The molecule has 9 nitrogen and oxygen atoms in total. The number of anilines is 1. The van der Waals surface area contributed by atoms with Crippen molar-refractivity contribution in [2.24, 2.45) is 5.10 Å². The lowest BCUT2D eigenvalue weighted by atomic mass is 10.2. The van der Waals surface area contributed by atoms with Gasteiger partial charge in [-0.05, 0) is 24.6 Å². The van der Waals surface area contributed by atoms with Crippen molar-refractivity contribution in [3.8, 4) is 11.6 Å². The van der Waals surface area contributed by atoms with Crippen LogP contribution in [0.2, 0.25) is 0 Å². The summed E-state index contributed by atoms with van der Waals surface area (Å²) in [7, 11) is 0. The summed E-state index contributed by atoms with van der Waals surface area (Å²) in [5.41, 5.74) is 3.28. The molecule has 4 aromatic rings. The maximum absolute atomic E-state index is 6.04. The Morgan fingerprint density at radius 2 is 1.94 bits per heavy atom. The van der Waals surface area contributed by atoms with Crippen LogP contribution in [0, 0.1) is 6.92 Å². The molecule has 1 aliphatic heterocycles. The summed E-state index contributed by atoms with van der Waals surface area (Å²) in [5, 5.41) is 4.57. The van der Waals surface area contributed by atoms with Gasteiger partial charge in [-0.3, -0.25) is 4.98 Å². The molecule has 0 saturated carbocycles. The van der Waals surface area contributed by atoms with Crippen molar-refractivity contribution in [3.63, 3.8) is 0 Å². The van der Waals surface area contributed by atoms with Crippen LogP contribution in [0.4, 0.5) is 5.95 Å². The number of nitrogens with zero attached hydrogens (tertiary/aromatic N) is 7. The fraction of sp³-hybridized carbons (Fsp3) is 0.227. The zero-order valence-corrected chi connectivity index (χ0v) is 17.0. The van der Waals surface area contributed by atoms with Crippen LogP contribution in [0.15, 0.2) is 60.2 Å². The Kier molecular flexibility index (Phi) is 5.24. The number of imidazole rings is 1. The summed E-state index contributed by atoms with van der Waals surface area (Å²) >= 11 is 0. The van der Waals surface area contributed by atoms with Crippen LogP contribution >= 0.6 is 0 Å². The summed E-state index contributed by atoms with van der Waals surface area (Å²) in [4.78, 5) is 20.0. The van der Waals surface area contributed by atoms with Gasteiger partial charge in [-0.1, -0.05) is 29.8 Å². The van der Waals surface area contributed by atoms with Crippen LogP contribution in [0.1, 0.15) is 11.1 Å². The van der Waals surface area contributed by atoms with E-state index < -0.39 is 0 Å². The highest BCUT2D eigenvalue weighted by atomic mass is 16.5. The van der Waals surface area contributed by atoms with Gasteiger partial charge in [0.15, 0.2) is 11.2 Å². The number of fused-ring (bicyclic) bond motifs is 1. The van der Waals surface area contributed by atoms with E-state index in [0.29, 0.717) is 55.0 Å². The number of benzene rings is 1. The number of morpholine rings is 1. The predicted molar refractivity (Wildman–Crippen MR) is 117 cm³/mol. The molecular formula is C22H21N7O2. The summed E-state index contributed by atoms with van der Waals surface area (Å²) in [5.74, 6) is 1.57. The van der Waals surface area contributed by atoms with Gasteiger partial charge in [-0.15, -0.1) is 0 Å². The molecule has 0 unspecified atom stereocenters. The molecule has 1 fully saturated rings. The monoisotopic (exact) mass is 415 g/mol. The maximum atomic E-state index is 6.04. The predicted octanol–water partition coefficient (Wildman–Crippen LogP) is 3.04. The molecule has 0 radical (unpaired) electrons. The summed E-state index contributed by atoms with van der Waals surface area (Å²) in [6, 6.07) is 11.7. The third-order valence-electron chi connectivity index (χ3n) is 4.87. The average Bonchev–Trinajstić information content (AvgIpc) is 3.22. The molecule has 4 heterocycles. The molecule has 0 bridgehead atoms. The van der Waals surface area contributed by atoms with Crippen LogP contribution in [0.5, 0.6) is 11.6 Å². The Hall–Kier alpha value is -3.85. The van der Waals surface area contributed by atoms with Crippen LogP contribution in [0.25, 0.3) is 11.2 Å². The molecule has 0 spiro atoms. The summed E-state index contributed by atoms with van der Waals surface area (Å²) in [6.07, 6.45) is 6.74. The Labute approximate surface area is 179 Å². The third kappa shape index (κ3) is 4.22. The van der Waals surface area contributed by atoms with E-state index in [1.807, 2.05) is 12.1 Å². The molecule has 3 aromatic heterocycles. The SMILES string of the molecule is Cc1cccc(C=Nn2cnc3c(Oc4ccncc4)nc(N4CCOCC4)nc32)c1. The minimum atomic E-state index is 0.377. The van der Waals surface area contributed by atoms with Crippen LogP contribution < -0.4 is 9.64 Å². The van der Waals surface area contributed by atoms with E-state index in [0.717, 1.165) is 5.56 Å². The van der Waals surface area contributed by atoms with Gasteiger partial charge >= 0.3 is 0 Å². The van der Waals surface area contributed by atoms with Gasteiger partial charge < -0.3 is 14.4 Å². The number of pyridine rings is 1. The number of hydrogen-bond acceptors (Lipinski definition) is 8. The Bertz CT molecular complexity index is 1220.